The maximum atomic E-state index is 12.1. The number of Topliss-reactive ketones (excluding diaryl/α,β-unsaturated/α-hetero) is 1. The van der Waals surface area contributed by atoms with E-state index in [1.54, 1.807) is 24.3 Å². The van der Waals surface area contributed by atoms with Gasteiger partial charge in [0, 0.05) is 6.54 Å². The fourth-order valence-electron chi connectivity index (χ4n) is 2.40. The van der Waals surface area contributed by atoms with E-state index < -0.39 is 30.0 Å². The molecule has 7 nitrogen and oxygen atoms in total. The molecule has 2 unspecified atom stereocenters. The number of benzene rings is 1. The lowest BCUT2D eigenvalue weighted by Crippen LogP contribution is -2.46. The number of amides is 1. The minimum atomic E-state index is -1.96. The van der Waals surface area contributed by atoms with E-state index in [1.165, 1.54) is 0 Å². The number of rotatable bonds is 5. The number of ketones is 1. The van der Waals surface area contributed by atoms with Gasteiger partial charge in [-0.2, -0.15) is 0 Å². The number of aliphatic hydroxyl groups is 1. The zero-order valence-corrected chi connectivity index (χ0v) is 11.8. The second-order valence-electron chi connectivity index (χ2n) is 5.03. The van der Waals surface area contributed by atoms with Crippen LogP contribution < -0.4 is 0 Å². The van der Waals surface area contributed by atoms with Crippen LogP contribution in [0.2, 0.25) is 0 Å². The van der Waals surface area contributed by atoms with E-state index in [0.717, 1.165) is 10.5 Å². The van der Waals surface area contributed by atoms with Crippen molar-refractivity contribution in [2.24, 2.45) is 0 Å². The molecular weight excluding hydrogens is 290 g/mol. The van der Waals surface area contributed by atoms with Crippen molar-refractivity contribution in [3.8, 4) is 0 Å². The van der Waals surface area contributed by atoms with Gasteiger partial charge in [0.25, 0.3) is 0 Å². The predicted octanol–water partition coefficient (Wildman–Crippen LogP) is 0.802. The van der Waals surface area contributed by atoms with Gasteiger partial charge < -0.3 is 14.9 Å². The molecule has 0 aliphatic carbocycles. The summed E-state index contributed by atoms with van der Waals surface area (Å²) < 4.78 is 4.89. The second kappa shape index (κ2) is 7.04. The number of likely N-dealkylation sites (tertiary alicyclic amines) is 1. The standard InChI is InChI=1S/C15H17NO6/c17-12(11-7-4-8-16(11)15(20)21)13(18)14(19)22-9-10-5-2-1-3-6-10/h1-3,5-6,11,13,18H,4,7-9H2,(H,20,21). The largest absolute Gasteiger partial charge is 0.465 e. The zero-order chi connectivity index (χ0) is 16.1. The van der Waals surface area contributed by atoms with Crippen LogP contribution in [0.5, 0.6) is 0 Å². The lowest BCUT2D eigenvalue weighted by molar-refractivity contribution is -0.160. The lowest BCUT2D eigenvalue weighted by Gasteiger charge is -2.21. The Morgan fingerprint density at radius 2 is 1.95 bits per heavy atom. The van der Waals surface area contributed by atoms with Crippen LogP contribution in [-0.2, 0) is 20.9 Å². The van der Waals surface area contributed by atoms with Crippen molar-refractivity contribution >= 4 is 17.8 Å². The smallest absolute Gasteiger partial charge is 0.407 e. The van der Waals surface area contributed by atoms with Crippen LogP contribution in [0.15, 0.2) is 30.3 Å². The van der Waals surface area contributed by atoms with Crippen LogP contribution in [0, 0.1) is 0 Å². The molecule has 1 saturated heterocycles. The first-order chi connectivity index (χ1) is 10.5. The summed E-state index contributed by atoms with van der Waals surface area (Å²) in [4.78, 5) is 35.7. The molecule has 1 aromatic rings. The number of carbonyl (C=O) groups is 3. The molecule has 2 N–H and O–H groups in total. The van der Waals surface area contributed by atoms with E-state index in [2.05, 4.69) is 0 Å². The fourth-order valence-corrected chi connectivity index (χ4v) is 2.40. The third-order valence-corrected chi connectivity index (χ3v) is 3.54. The number of nitrogens with zero attached hydrogens (tertiary/aromatic N) is 1. The molecule has 2 atom stereocenters. The number of hydrogen-bond donors (Lipinski definition) is 2. The Kier molecular flexibility index (Phi) is 5.11. The Morgan fingerprint density at radius 3 is 2.59 bits per heavy atom. The predicted molar refractivity (Wildman–Crippen MR) is 75.0 cm³/mol. The molecule has 0 radical (unpaired) electrons. The average molecular weight is 307 g/mol. The lowest BCUT2D eigenvalue weighted by atomic mass is 10.1. The van der Waals surface area contributed by atoms with E-state index >= 15 is 0 Å². The first-order valence-electron chi connectivity index (χ1n) is 6.92. The monoisotopic (exact) mass is 307 g/mol. The highest BCUT2D eigenvalue weighted by Crippen LogP contribution is 2.19. The number of aliphatic hydroxyl groups excluding tert-OH is 1. The van der Waals surface area contributed by atoms with Crippen LogP contribution in [0.25, 0.3) is 0 Å². The molecule has 1 aliphatic heterocycles. The van der Waals surface area contributed by atoms with Gasteiger partial charge in [0.1, 0.15) is 6.61 Å². The Hall–Kier alpha value is -2.41. The molecule has 22 heavy (non-hydrogen) atoms. The normalized spacial score (nSPS) is 18.8. The summed E-state index contributed by atoms with van der Waals surface area (Å²) in [6.45, 7) is 0.162. The van der Waals surface area contributed by atoms with Crippen molar-refractivity contribution in [2.75, 3.05) is 6.54 Å². The van der Waals surface area contributed by atoms with Crippen LogP contribution in [-0.4, -0.2) is 51.6 Å². The number of carbonyl (C=O) groups excluding carboxylic acids is 2. The zero-order valence-electron chi connectivity index (χ0n) is 11.8. The van der Waals surface area contributed by atoms with Crippen LogP contribution in [0.1, 0.15) is 18.4 Å². The van der Waals surface area contributed by atoms with Gasteiger partial charge in [-0.1, -0.05) is 30.3 Å². The summed E-state index contributed by atoms with van der Waals surface area (Å²) in [5.41, 5.74) is 0.725. The molecule has 1 amide bonds. The summed E-state index contributed by atoms with van der Waals surface area (Å²) in [7, 11) is 0. The average Bonchev–Trinajstić information content (AvgIpc) is 3.02. The summed E-state index contributed by atoms with van der Waals surface area (Å²) in [6.07, 6.45) is -2.38. The van der Waals surface area contributed by atoms with Crippen molar-refractivity contribution in [3.05, 3.63) is 35.9 Å². The van der Waals surface area contributed by atoms with Gasteiger partial charge >= 0.3 is 12.1 Å². The number of esters is 1. The topological polar surface area (TPSA) is 104 Å². The van der Waals surface area contributed by atoms with Crippen molar-refractivity contribution < 1.29 is 29.3 Å². The third kappa shape index (κ3) is 3.62. The molecule has 0 saturated carbocycles. The molecule has 1 heterocycles. The van der Waals surface area contributed by atoms with Crippen LogP contribution in [0.4, 0.5) is 4.79 Å². The van der Waals surface area contributed by atoms with Crippen molar-refractivity contribution in [1.29, 1.82) is 0 Å². The molecular formula is C15H17NO6. The molecule has 1 fully saturated rings. The third-order valence-electron chi connectivity index (χ3n) is 3.54. The Morgan fingerprint density at radius 1 is 1.27 bits per heavy atom. The van der Waals surface area contributed by atoms with Gasteiger partial charge in [-0.3, -0.25) is 9.69 Å². The summed E-state index contributed by atoms with van der Waals surface area (Å²) >= 11 is 0. The molecule has 0 aromatic heterocycles. The highest BCUT2D eigenvalue weighted by atomic mass is 16.5. The van der Waals surface area contributed by atoms with Gasteiger partial charge in [-0.15, -0.1) is 0 Å². The first kappa shape index (κ1) is 16.0. The van der Waals surface area contributed by atoms with Gasteiger partial charge in [-0.25, -0.2) is 9.59 Å². The van der Waals surface area contributed by atoms with E-state index in [4.69, 9.17) is 9.84 Å². The maximum Gasteiger partial charge on any atom is 0.407 e. The van der Waals surface area contributed by atoms with Crippen LogP contribution in [0.3, 0.4) is 0 Å². The highest BCUT2D eigenvalue weighted by molar-refractivity contribution is 6.05. The van der Waals surface area contributed by atoms with E-state index in [1.807, 2.05) is 6.07 Å². The summed E-state index contributed by atoms with van der Waals surface area (Å²) in [5.74, 6) is -1.90. The highest BCUT2D eigenvalue weighted by Gasteiger charge is 2.39. The van der Waals surface area contributed by atoms with Gasteiger partial charge in [-0.05, 0) is 18.4 Å². The van der Waals surface area contributed by atoms with Gasteiger partial charge in [0.2, 0.25) is 6.10 Å². The van der Waals surface area contributed by atoms with Crippen molar-refractivity contribution in [2.45, 2.75) is 31.6 Å². The van der Waals surface area contributed by atoms with Gasteiger partial charge in [0.15, 0.2) is 5.78 Å². The van der Waals surface area contributed by atoms with E-state index in [0.29, 0.717) is 12.8 Å². The molecule has 0 bridgehead atoms. The SMILES string of the molecule is O=C(OCc1ccccc1)C(O)C(=O)C1CCCN1C(=O)O. The summed E-state index contributed by atoms with van der Waals surface area (Å²) in [6, 6.07) is 7.85. The van der Waals surface area contributed by atoms with Crippen molar-refractivity contribution in [1.82, 2.24) is 4.90 Å². The molecule has 2 rings (SSSR count). The van der Waals surface area contributed by atoms with Gasteiger partial charge in [0.05, 0.1) is 6.04 Å². The molecule has 0 spiro atoms. The minimum Gasteiger partial charge on any atom is -0.465 e. The molecule has 1 aromatic carbocycles. The number of hydrogen-bond acceptors (Lipinski definition) is 5. The number of carboxylic acid groups (broad SMARTS) is 1. The second-order valence-corrected chi connectivity index (χ2v) is 5.03. The molecule has 118 valence electrons. The maximum absolute atomic E-state index is 12.1. The molecule has 1 aliphatic rings. The Balaban J connectivity index is 1.92. The van der Waals surface area contributed by atoms with Crippen molar-refractivity contribution in [3.63, 3.8) is 0 Å². The minimum absolute atomic E-state index is 0.0582. The first-order valence-corrected chi connectivity index (χ1v) is 6.92. The quantitative estimate of drug-likeness (QED) is 0.616. The Labute approximate surface area is 127 Å². The van der Waals surface area contributed by atoms with Crippen LogP contribution >= 0.6 is 0 Å². The fraction of sp³-hybridized carbons (Fsp3) is 0.400. The Bertz CT molecular complexity index is 558. The van der Waals surface area contributed by atoms with E-state index in [-0.39, 0.29) is 13.2 Å². The number of ether oxygens (including phenoxy) is 1. The summed E-state index contributed by atoms with van der Waals surface area (Å²) in [5, 5.41) is 18.8. The van der Waals surface area contributed by atoms with E-state index in [9.17, 15) is 19.5 Å². The molecule has 7 heteroatoms.